The van der Waals surface area contributed by atoms with Crippen molar-refractivity contribution >= 4 is 32.8 Å². The van der Waals surface area contributed by atoms with Gasteiger partial charge in [0.25, 0.3) is 0 Å². The number of carbonyl (C=O) groups is 1. The van der Waals surface area contributed by atoms with Crippen molar-refractivity contribution in [1.29, 1.82) is 0 Å². The summed E-state index contributed by atoms with van der Waals surface area (Å²) in [5.41, 5.74) is 0.274. The van der Waals surface area contributed by atoms with Gasteiger partial charge in [0.2, 0.25) is 0 Å². The number of anilines is 1. The summed E-state index contributed by atoms with van der Waals surface area (Å²) in [4.78, 5) is 16.4. The zero-order valence-electron chi connectivity index (χ0n) is 16.5. The molecule has 0 saturated heterocycles. The van der Waals surface area contributed by atoms with E-state index in [1.165, 1.54) is 11.3 Å². The molecule has 28 heavy (non-hydrogen) atoms. The van der Waals surface area contributed by atoms with Crippen molar-refractivity contribution in [2.75, 3.05) is 25.1 Å². The van der Waals surface area contributed by atoms with Gasteiger partial charge < -0.3 is 24.8 Å². The highest BCUT2D eigenvalue weighted by Gasteiger charge is 2.20. The van der Waals surface area contributed by atoms with Crippen molar-refractivity contribution in [3.63, 3.8) is 0 Å². The fourth-order valence-electron chi connectivity index (χ4n) is 2.70. The first-order chi connectivity index (χ1) is 13.4. The maximum atomic E-state index is 11.8. The number of hydrogen-bond donors (Lipinski definition) is 2. The number of rotatable bonds is 5. The van der Waals surface area contributed by atoms with Crippen molar-refractivity contribution < 1.29 is 19.0 Å². The van der Waals surface area contributed by atoms with Gasteiger partial charge in [0.1, 0.15) is 24.3 Å². The smallest absolute Gasteiger partial charge is 0.407 e. The first-order valence-corrected chi connectivity index (χ1v) is 10.0. The van der Waals surface area contributed by atoms with Crippen LogP contribution in [0, 0.1) is 11.8 Å². The molecule has 7 nitrogen and oxygen atoms in total. The van der Waals surface area contributed by atoms with Gasteiger partial charge in [-0.25, -0.2) is 9.78 Å². The third-order valence-corrected chi connectivity index (χ3v) is 4.73. The quantitative estimate of drug-likeness (QED) is 0.740. The van der Waals surface area contributed by atoms with Gasteiger partial charge in [-0.15, -0.1) is 5.92 Å². The molecule has 150 valence electrons. The Morgan fingerprint density at radius 3 is 2.89 bits per heavy atom. The first-order valence-electron chi connectivity index (χ1n) is 9.20. The van der Waals surface area contributed by atoms with E-state index >= 15 is 0 Å². The molecule has 0 radical (unpaired) electrons. The molecule has 2 aromatic rings. The second-order valence-corrected chi connectivity index (χ2v) is 8.29. The summed E-state index contributed by atoms with van der Waals surface area (Å²) >= 11 is 1.53. The minimum absolute atomic E-state index is 0.145. The number of amides is 1. The maximum absolute atomic E-state index is 11.8. The molecule has 0 saturated carbocycles. The minimum Gasteiger partial charge on any atom is -0.486 e. The van der Waals surface area contributed by atoms with Gasteiger partial charge in [-0.05, 0) is 46.2 Å². The molecule has 2 heterocycles. The molecule has 3 rings (SSSR count). The molecule has 2 N–H and O–H groups in total. The first kappa shape index (κ1) is 20.1. The van der Waals surface area contributed by atoms with Crippen LogP contribution in [0.2, 0.25) is 0 Å². The van der Waals surface area contributed by atoms with E-state index < -0.39 is 11.7 Å². The molecule has 8 heteroatoms. The topological polar surface area (TPSA) is 81.7 Å². The summed E-state index contributed by atoms with van der Waals surface area (Å²) in [6.45, 7) is 8.80. The molecule has 1 aliphatic rings. The maximum Gasteiger partial charge on any atom is 0.407 e. The number of nitrogens with one attached hydrogen (secondary N) is 2. The van der Waals surface area contributed by atoms with Gasteiger partial charge in [-0.2, -0.15) is 0 Å². The number of hydrogen-bond acceptors (Lipinski definition) is 7. The standard InChI is InChI=1S/C20H25N3O4S/c1-5-6-13(9-10-21-19(24)27-20(2,3)4)22-18-23-16-15(28-18)8-7-14-17(16)26-12-11-25-14/h7-8,13H,9-12H2,1-4H3,(H,21,24)(H,22,23)/t13-/m0/s1. The summed E-state index contributed by atoms with van der Waals surface area (Å²) < 4.78 is 17.6. The summed E-state index contributed by atoms with van der Waals surface area (Å²) in [7, 11) is 0. The van der Waals surface area contributed by atoms with Gasteiger partial charge in [0.05, 0.1) is 10.7 Å². The number of alkyl carbamates (subject to hydrolysis) is 1. The molecule has 1 amide bonds. The molecule has 0 spiro atoms. The van der Waals surface area contributed by atoms with Crippen molar-refractivity contribution in [1.82, 2.24) is 10.3 Å². The Morgan fingerprint density at radius 1 is 1.36 bits per heavy atom. The Morgan fingerprint density at radius 2 is 2.14 bits per heavy atom. The highest BCUT2D eigenvalue weighted by Crippen LogP contribution is 2.40. The number of nitrogens with zero attached hydrogens (tertiary/aromatic N) is 1. The normalized spacial score (nSPS) is 14.0. The second kappa shape index (κ2) is 8.57. The zero-order chi connectivity index (χ0) is 20.1. The second-order valence-electron chi connectivity index (χ2n) is 7.26. The molecular weight excluding hydrogens is 378 g/mol. The average molecular weight is 404 g/mol. The number of benzene rings is 1. The molecule has 0 fully saturated rings. The van der Waals surface area contributed by atoms with Crippen molar-refractivity contribution in [3.8, 4) is 23.3 Å². The Kier molecular flexibility index (Phi) is 6.15. The van der Waals surface area contributed by atoms with Gasteiger partial charge in [-0.1, -0.05) is 17.3 Å². The predicted molar refractivity (Wildman–Crippen MR) is 110 cm³/mol. The largest absolute Gasteiger partial charge is 0.486 e. The molecular formula is C20H25N3O4S. The fraction of sp³-hybridized carbons (Fsp3) is 0.500. The van der Waals surface area contributed by atoms with Crippen LogP contribution >= 0.6 is 11.3 Å². The number of aromatic nitrogens is 1. The zero-order valence-corrected chi connectivity index (χ0v) is 17.4. The van der Waals surface area contributed by atoms with Crippen LogP contribution in [0.25, 0.3) is 10.2 Å². The van der Waals surface area contributed by atoms with Crippen LogP contribution in [0.3, 0.4) is 0 Å². The van der Waals surface area contributed by atoms with Crippen LogP contribution < -0.4 is 20.1 Å². The summed E-state index contributed by atoms with van der Waals surface area (Å²) in [6, 6.07) is 3.75. The van der Waals surface area contributed by atoms with E-state index in [0.29, 0.717) is 31.9 Å². The Labute approximate surface area is 168 Å². The average Bonchev–Trinajstić information content (AvgIpc) is 3.03. The lowest BCUT2D eigenvalue weighted by atomic mass is 10.2. The number of thiazole rings is 1. The highest BCUT2D eigenvalue weighted by molar-refractivity contribution is 7.22. The van der Waals surface area contributed by atoms with Crippen molar-refractivity contribution in [3.05, 3.63) is 12.1 Å². The van der Waals surface area contributed by atoms with Gasteiger partial charge >= 0.3 is 6.09 Å². The molecule has 0 unspecified atom stereocenters. The van der Waals surface area contributed by atoms with Crippen molar-refractivity contribution in [2.24, 2.45) is 0 Å². The lowest BCUT2D eigenvalue weighted by molar-refractivity contribution is 0.0527. The lowest BCUT2D eigenvalue weighted by Crippen LogP contribution is -2.34. The van der Waals surface area contributed by atoms with E-state index in [1.54, 1.807) is 6.92 Å². The number of ether oxygens (including phenoxy) is 3. The lowest BCUT2D eigenvalue weighted by Gasteiger charge is -2.20. The monoisotopic (exact) mass is 403 g/mol. The molecule has 1 atom stereocenters. The molecule has 0 aliphatic carbocycles. The molecule has 1 aromatic carbocycles. The van der Waals surface area contributed by atoms with Gasteiger partial charge in [-0.3, -0.25) is 0 Å². The van der Waals surface area contributed by atoms with Crippen LogP contribution in [0.15, 0.2) is 12.1 Å². The van der Waals surface area contributed by atoms with E-state index in [-0.39, 0.29) is 6.04 Å². The third-order valence-electron chi connectivity index (χ3n) is 3.78. The van der Waals surface area contributed by atoms with E-state index in [0.717, 1.165) is 21.1 Å². The van der Waals surface area contributed by atoms with E-state index in [9.17, 15) is 4.79 Å². The van der Waals surface area contributed by atoms with Crippen LogP contribution in [0.5, 0.6) is 11.5 Å². The Bertz CT molecular complexity index is 908. The van der Waals surface area contributed by atoms with Crippen LogP contribution in [-0.4, -0.2) is 42.5 Å². The summed E-state index contributed by atoms with van der Waals surface area (Å²) in [5.74, 6) is 7.46. The highest BCUT2D eigenvalue weighted by atomic mass is 32.1. The SMILES string of the molecule is CC#C[C@@H](CCNC(=O)OC(C)(C)C)Nc1nc2c3c(ccc2s1)OCCO3. The fourth-order valence-corrected chi connectivity index (χ4v) is 3.62. The number of fused-ring (bicyclic) bond motifs is 3. The minimum atomic E-state index is -0.517. The molecule has 0 bridgehead atoms. The van der Waals surface area contributed by atoms with Crippen LogP contribution in [0.4, 0.5) is 9.93 Å². The summed E-state index contributed by atoms with van der Waals surface area (Å²) in [6.07, 6.45) is 0.188. The van der Waals surface area contributed by atoms with E-state index in [4.69, 9.17) is 14.2 Å². The van der Waals surface area contributed by atoms with E-state index in [1.807, 2.05) is 32.9 Å². The molecule has 1 aliphatic heterocycles. The summed E-state index contributed by atoms with van der Waals surface area (Å²) in [5, 5.41) is 6.85. The van der Waals surface area contributed by atoms with Crippen LogP contribution in [-0.2, 0) is 4.74 Å². The van der Waals surface area contributed by atoms with Crippen LogP contribution in [0.1, 0.15) is 34.1 Å². The third kappa shape index (κ3) is 5.20. The van der Waals surface area contributed by atoms with Gasteiger partial charge in [0.15, 0.2) is 16.6 Å². The number of carbonyl (C=O) groups excluding carboxylic acids is 1. The van der Waals surface area contributed by atoms with Crippen molar-refractivity contribution in [2.45, 2.75) is 45.8 Å². The van der Waals surface area contributed by atoms with Gasteiger partial charge in [0, 0.05) is 6.54 Å². The predicted octanol–water partition coefficient (Wildman–Crippen LogP) is 3.79. The Hall–Kier alpha value is -2.66. The Balaban J connectivity index is 1.64. The van der Waals surface area contributed by atoms with E-state index in [2.05, 4.69) is 27.5 Å². The molecule has 1 aromatic heterocycles.